The van der Waals surface area contributed by atoms with Crippen LogP contribution in [0.5, 0.6) is 5.75 Å². The minimum atomic E-state index is -0.184. The summed E-state index contributed by atoms with van der Waals surface area (Å²) in [4.78, 5) is 4.78. The molecule has 4 heteroatoms. The topological polar surface area (TPSA) is 38.1 Å². The third kappa shape index (κ3) is 3.75. The van der Waals surface area contributed by atoms with Gasteiger partial charge in [0.15, 0.2) is 0 Å². The van der Waals surface area contributed by atoms with Crippen LogP contribution in [-0.4, -0.2) is 14.7 Å². The lowest BCUT2D eigenvalue weighted by molar-refractivity contribution is 0.446. The van der Waals surface area contributed by atoms with Crippen LogP contribution < -0.4 is 0 Å². The number of aromatic nitrogens is 2. The van der Waals surface area contributed by atoms with Gasteiger partial charge in [0.25, 0.3) is 0 Å². The first-order chi connectivity index (χ1) is 12.9. The predicted octanol–water partition coefficient (Wildman–Crippen LogP) is 6.91. The van der Waals surface area contributed by atoms with E-state index in [1.54, 1.807) is 0 Å². The van der Waals surface area contributed by atoms with Crippen LogP contribution in [-0.2, 0) is 10.8 Å². The lowest BCUT2D eigenvalue weighted by Crippen LogP contribution is -2.17. The Balaban J connectivity index is 2.38. The second-order valence-electron chi connectivity index (χ2n) is 9.40. The van der Waals surface area contributed by atoms with Crippen molar-refractivity contribution in [1.29, 1.82) is 0 Å². The van der Waals surface area contributed by atoms with Gasteiger partial charge in [-0.3, -0.25) is 4.57 Å². The van der Waals surface area contributed by atoms with Crippen molar-refractivity contribution in [1.82, 2.24) is 9.55 Å². The molecule has 3 rings (SSSR count). The molecule has 0 unspecified atom stereocenters. The number of imidazole rings is 1. The van der Waals surface area contributed by atoms with E-state index in [0.717, 1.165) is 32.9 Å². The Bertz CT molecular complexity index is 1010. The zero-order valence-electron chi connectivity index (χ0n) is 17.8. The molecule has 0 radical (unpaired) electrons. The molecule has 0 fully saturated rings. The number of rotatable bonds is 2. The fourth-order valence-electron chi connectivity index (χ4n) is 3.36. The zero-order chi connectivity index (χ0) is 20.9. The molecule has 0 aliphatic carbocycles. The molecule has 0 amide bonds. The minimum absolute atomic E-state index is 0.0428. The number of aromatic hydroxyl groups is 1. The van der Waals surface area contributed by atoms with Gasteiger partial charge in [0.05, 0.1) is 11.3 Å². The van der Waals surface area contributed by atoms with E-state index in [1.165, 1.54) is 5.56 Å². The highest BCUT2D eigenvalue weighted by Gasteiger charge is 2.28. The molecular formula is C24H29BrN2O. The van der Waals surface area contributed by atoms with E-state index in [-0.39, 0.29) is 10.8 Å². The van der Waals surface area contributed by atoms with Crippen molar-refractivity contribution in [2.75, 3.05) is 0 Å². The van der Waals surface area contributed by atoms with E-state index in [9.17, 15) is 5.11 Å². The molecule has 0 saturated heterocycles. The van der Waals surface area contributed by atoms with Crippen molar-refractivity contribution < 1.29 is 5.11 Å². The molecule has 0 atom stereocenters. The zero-order valence-corrected chi connectivity index (χ0v) is 19.3. The summed E-state index contributed by atoms with van der Waals surface area (Å²) in [7, 11) is 0. The number of phenols is 1. The van der Waals surface area contributed by atoms with Crippen molar-refractivity contribution in [3.8, 4) is 22.8 Å². The third-order valence-electron chi connectivity index (χ3n) is 5.09. The van der Waals surface area contributed by atoms with Gasteiger partial charge in [0.2, 0.25) is 0 Å². The average Bonchev–Trinajstić information content (AvgIpc) is 2.88. The summed E-state index contributed by atoms with van der Waals surface area (Å²) in [5.41, 5.74) is 4.67. The maximum absolute atomic E-state index is 11.3. The highest BCUT2D eigenvalue weighted by molar-refractivity contribution is 9.10. The molecule has 0 saturated carbocycles. The molecule has 2 aromatic carbocycles. The van der Waals surface area contributed by atoms with Gasteiger partial charge < -0.3 is 5.11 Å². The largest absolute Gasteiger partial charge is 0.507 e. The van der Waals surface area contributed by atoms with Crippen molar-refractivity contribution >= 4 is 15.9 Å². The first-order valence-electron chi connectivity index (χ1n) is 9.60. The Morgan fingerprint density at radius 3 is 2.07 bits per heavy atom. The Morgan fingerprint density at radius 2 is 1.54 bits per heavy atom. The molecule has 0 aliphatic heterocycles. The van der Waals surface area contributed by atoms with E-state index in [1.807, 2.05) is 25.1 Å². The van der Waals surface area contributed by atoms with Gasteiger partial charge in [-0.15, -0.1) is 0 Å². The van der Waals surface area contributed by atoms with Gasteiger partial charge in [-0.2, -0.15) is 0 Å². The van der Waals surface area contributed by atoms with Gasteiger partial charge in [-0.1, -0.05) is 65.8 Å². The number of hydrogen-bond donors (Lipinski definition) is 1. The van der Waals surface area contributed by atoms with Crippen LogP contribution in [0.15, 0.2) is 47.1 Å². The lowest BCUT2D eigenvalue weighted by Gasteiger charge is -2.27. The number of phenolic OH excluding ortho intramolecular Hbond substituents is 1. The molecule has 1 aromatic heterocycles. The second kappa shape index (κ2) is 7.07. The van der Waals surface area contributed by atoms with Gasteiger partial charge in [-0.05, 0) is 57.4 Å². The maximum atomic E-state index is 11.3. The monoisotopic (exact) mass is 440 g/mol. The van der Waals surface area contributed by atoms with Crippen LogP contribution in [0.25, 0.3) is 17.1 Å². The van der Waals surface area contributed by atoms with Crippen LogP contribution >= 0.6 is 15.9 Å². The SMILES string of the molecule is Cc1c(Br)nc(-c2cc(C(C)(C)C)cc(C(C)(C)C)c2O)n1-c1ccccc1. The van der Waals surface area contributed by atoms with Gasteiger partial charge in [0.1, 0.15) is 16.2 Å². The van der Waals surface area contributed by atoms with E-state index < -0.39 is 0 Å². The molecule has 1 heterocycles. The molecule has 28 heavy (non-hydrogen) atoms. The molecule has 148 valence electrons. The van der Waals surface area contributed by atoms with E-state index in [2.05, 4.69) is 86.3 Å². The molecular weight excluding hydrogens is 412 g/mol. The highest BCUT2D eigenvalue weighted by Crippen LogP contribution is 2.43. The average molecular weight is 441 g/mol. The van der Waals surface area contributed by atoms with Crippen LogP contribution in [0, 0.1) is 6.92 Å². The number of hydrogen-bond acceptors (Lipinski definition) is 2. The van der Waals surface area contributed by atoms with Crippen LogP contribution in [0.4, 0.5) is 0 Å². The number of nitrogens with zero attached hydrogens (tertiary/aromatic N) is 2. The second-order valence-corrected chi connectivity index (χ2v) is 10.2. The van der Waals surface area contributed by atoms with Crippen molar-refractivity contribution in [2.24, 2.45) is 0 Å². The summed E-state index contributed by atoms with van der Waals surface area (Å²) in [6.07, 6.45) is 0. The normalized spacial score (nSPS) is 12.4. The number of para-hydroxylation sites is 1. The van der Waals surface area contributed by atoms with E-state index in [0.29, 0.717) is 5.75 Å². The van der Waals surface area contributed by atoms with Gasteiger partial charge >= 0.3 is 0 Å². The van der Waals surface area contributed by atoms with Crippen LogP contribution in [0.2, 0.25) is 0 Å². The third-order valence-corrected chi connectivity index (χ3v) is 5.84. The lowest BCUT2D eigenvalue weighted by atomic mass is 9.79. The summed E-state index contributed by atoms with van der Waals surface area (Å²) in [6.45, 7) is 15.0. The molecule has 0 aliphatic rings. The summed E-state index contributed by atoms with van der Waals surface area (Å²) in [6, 6.07) is 14.4. The first kappa shape index (κ1) is 20.7. The Kier molecular flexibility index (Phi) is 5.22. The molecule has 0 spiro atoms. The van der Waals surface area contributed by atoms with Crippen LogP contribution in [0.3, 0.4) is 0 Å². The minimum Gasteiger partial charge on any atom is -0.507 e. The smallest absolute Gasteiger partial charge is 0.149 e. The van der Waals surface area contributed by atoms with Crippen molar-refractivity contribution in [3.05, 3.63) is 63.9 Å². The van der Waals surface area contributed by atoms with Gasteiger partial charge in [0, 0.05) is 11.3 Å². The summed E-state index contributed by atoms with van der Waals surface area (Å²) < 4.78 is 2.88. The number of benzene rings is 2. The maximum Gasteiger partial charge on any atom is 0.149 e. The Morgan fingerprint density at radius 1 is 0.929 bits per heavy atom. The molecule has 1 N–H and O–H groups in total. The van der Waals surface area contributed by atoms with E-state index in [4.69, 9.17) is 4.98 Å². The first-order valence-corrected chi connectivity index (χ1v) is 10.4. The molecule has 3 nitrogen and oxygen atoms in total. The van der Waals surface area contributed by atoms with Crippen molar-refractivity contribution in [3.63, 3.8) is 0 Å². The fraction of sp³-hybridized carbons (Fsp3) is 0.375. The fourth-order valence-corrected chi connectivity index (χ4v) is 3.70. The molecule has 3 aromatic rings. The number of halogens is 1. The standard InChI is InChI=1S/C24H29BrN2O/c1-15-21(25)26-22(27(15)17-11-9-8-10-12-17)18-13-16(23(2,3)4)14-19(20(18)28)24(5,6)7/h8-14,28H,1-7H3. The van der Waals surface area contributed by atoms with E-state index >= 15 is 0 Å². The van der Waals surface area contributed by atoms with Crippen LogP contribution in [0.1, 0.15) is 58.4 Å². The molecule has 0 bridgehead atoms. The highest BCUT2D eigenvalue weighted by atomic mass is 79.9. The summed E-state index contributed by atoms with van der Waals surface area (Å²) in [5, 5.41) is 11.3. The Labute approximate surface area is 176 Å². The summed E-state index contributed by atoms with van der Waals surface area (Å²) in [5.74, 6) is 1.04. The quantitative estimate of drug-likeness (QED) is 0.469. The Hall–Kier alpha value is -2.07. The predicted molar refractivity (Wildman–Crippen MR) is 121 cm³/mol. The van der Waals surface area contributed by atoms with Gasteiger partial charge in [-0.25, -0.2) is 4.98 Å². The van der Waals surface area contributed by atoms with Crippen molar-refractivity contribution in [2.45, 2.75) is 59.3 Å². The summed E-state index contributed by atoms with van der Waals surface area (Å²) >= 11 is 3.59.